The number of hydroxylamine groups is 1. The lowest BCUT2D eigenvalue weighted by Gasteiger charge is -2.07. The third-order valence-electron chi connectivity index (χ3n) is 0.933. The van der Waals surface area contributed by atoms with Crippen LogP contribution in [0.1, 0.15) is 6.92 Å². The zero-order valence-corrected chi connectivity index (χ0v) is 8.41. The summed E-state index contributed by atoms with van der Waals surface area (Å²) in [6.07, 6.45) is 1.10. The van der Waals surface area contributed by atoms with Gasteiger partial charge in [-0.3, -0.25) is 0 Å². The molecule has 0 spiro atoms. The van der Waals surface area contributed by atoms with Gasteiger partial charge in [-0.2, -0.15) is 9.76 Å². The molecule has 0 saturated heterocycles. The molecule has 3 N–H and O–H groups in total. The monoisotopic (exact) mass is 216 g/mol. The average molecular weight is 216 g/mol. The van der Waals surface area contributed by atoms with E-state index >= 15 is 0 Å². The minimum atomic E-state index is -3.04. The normalized spacial score (nSPS) is 21.2. The molecule has 6 nitrogen and oxygen atoms in total. The second-order valence-corrected chi connectivity index (χ2v) is 5.36. The molecule has 0 heterocycles. The minimum Gasteiger partial charge on any atom is -0.306 e. The Bertz CT molecular complexity index is 250. The molecule has 74 valence electrons. The van der Waals surface area contributed by atoms with Crippen molar-refractivity contribution < 1.29 is 17.3 Å². The van der Waals surface area contributed by atoms with E-state index in [1.807, 2.05) is 0 Å². The van der Waals surface area contributed by atoms with Crippen molar-refractivity contribution in [2.24, 2.45) is 0 Å². The van der Waals surface area contributed by atoms with Crippen molar-refractivity contribution in [1.29, 1.82) is 4.78 Å². The predicted octanol–water partition coefficient (Wildman–Crippen LogP) is -0.291. The van der Waals surface area contributed by atoms with Crippen molar-refractivity contribution in [2.45, 2.75) is 12.2 Å². The van der Waals surface area contributed by atoms with Gasteiger partial charge < -0.3 is 4.55 Å². The predicted molar refractivity (Wildman–Crippen MR) is 46.1 cm³/mol. The van der Waals surface area contributed by atoms with E-state index in [0.717, 1.165) is 6.26 Å². The van der Waals surface area contributed by atoms with E-state index in [4.69, 9.17) is 9.33 Å². The lowest BCUT2D eigenvalue weighted by molar-refractivity contribution is 0.218. The van der Waals surface area contributed by atoms with Crippen LogP contribution in [-0.4, -0.2) is 31.0 Å². The van der Waals surface area contributed by atoms with Gasteiger partial charge in [0.05, 0.1) is 5.25 Å². The molecule has 0 rings (SSSR count). The Hall–Kier alpha value is -0.0200. The Morgan fingerprint density at radius 3 is 2.67 bits per heavy atom. The van der Waals surface area contributed by atoms with Crippen molar-refractivity contribution in [1.82, 2.24) is 5.48 Å². The molecule has 0 aromatic carbocycles. The summed E-state index contributed by atoms with van der Waals surface area (Å²) in [6.45, 7) is 1.60. The average Bonchev–Trinajstić information content (AvgIpc) is 1.84. The molecule has 3 atom stereocenters. The zero-order chi connectivity index (χ0) is 9.78. The van der Waals surface area contributed by atoms with Crippen LogP contribution in [0.25, 0.3) is 0 Å². The summed E-state index contributed by atoms with van der Waals surface area (Å²) >= 11 is -1.94. The van der Waals surface area contributed by atoms with Gasteiger partial charge in [0.2, 0.25) is 0 Å². The van der Waals surface area contributed by atoms with Gasteiger partial charge in [-0.15, -0.1) is 0 Å². The highest BCUT2D eigenvalue weighted by molar-refractivity contribution is 7.87. The molecule has 0 aromatic rings. The Morgan fingerprint density at radius 1 is 1.83 bits per heavy atom. The molecule has 0 bridgehead atoms. The van der Waals surface area contributed by atoms with Gasteiger partial charge >= 0.3 is 0 Å². The first-order chi connectivity index (χ1) is 5.33. The standard InChI is InChI=1S/C4H12N2O4S2/c1-4(11(7)8)3-6-10-12(2,5)9/h4-6H,3H2,1-2H3,(H,7,8). The van der Waals surface area contributed by atoms with Gasteiger partial charge in [0.1, 0.15) is 0 Å². The van der Waals surface area contributed by atoms with Crippen LogP contribution in [0.4, 0.5) is 0 Å². The second kappa shape index (κ2) is 4.87. The highest BCUT2D eigenvalue weighted by Crippen LogP contribution is 1.90. The Morgan fingerprint density at radius 2 is 2.33 bits per heavy atom. The summed E-state index contributed by atoms with van der Waals surface area (Å²) in [4.78, 5) is 0. The summed E-state index contributed by atoms with van der Waals surface area (Å²) in [5, 5.41) is -0.522. The van der Waals surface area contributed by atoms with Crippen LogP contribution in [0.2, 0.25) is 0 Å². The molecular formula is C4H12N2O4S2. The summed E-state index contributed by atoms with van der Waals surface area (Å²) < 4.78 is 40.6. The number of nitrogens with one attached hydrogen (secondary N) is 2. The van der Waals surface area contributed by atoms with Crippen LogP contribution in [-0.2, 0) is 25.4 Å². The second-order valence-electron chi connectivity index (χ2n) is 2.29. The van der Waals surface area contributed by atoms with Gasteiger partial charge in [-0.25, -0.2) is 13.2 Å². The van der Waals surface area contributed by atoms with Gasteiger partial charge in [0.15, 0.2) is 21.1 Å². The Labute approximate surface area is 74.1 Å². The summed E-state index contributed by atoms with van der Waals surface area (Å²) in [6, 6.07) is 0. The first-order valence-corrected chi connectivity index (χ1v) is 6.14. The van der Waals surface area contributed by atoms with E-state index in [0.29, 0.717) is 0 Å². The lowest BCUT2D eigenvalue weighted by Crippen LogP contribution is -2.29. The number of hydrogen-bond acceptors (Lipinski definition) is 5. The third kappa shape index (κ3) is 6.68. The molecule has 0 fully saturated rings. The first-order valence-electron chi connectivity index (χ1n) is 3.07. The maximum Gasteiger partial charge on any atom is 0.173 e. The van der Waals surface area contributed by atoms with Crippen LogP contribution in [0.3, 0.4) is 0 Å². The van der Waals surface area contributed by atoms with Crippen LogP contribution >= 0.6 is 0 Å². The van der Waals surface area contributed by atoms with Crippen molar-refractivity contribution in [3.63, 3.8) is 0 Å². The number of hydrogen-bond donors (Lipinski definition) is 3. The molecule has 8 heteroatoms. The fourth-order valence-corrected chi connectivity index (χ4v) is 0.839. The lowest BCUT2D eigenvalue weighted by atomic mass is 10.5. The molecule has 0 aromatic heterocycles. The van der Waals surface area contributed by atoms with Gasteiger partial charge in [-0.05, 0) is 6.92 Å². The van der Waals surface area contributed by atoms with Crippen LogP contribution in [0.5, 0.6) is 0 Å². The van der Waals surface area contributed by atoms with Gasteiger partial charge in [-0.1, -0.05) is 0 Å². The fraction of sp³-hybridized carbons (Fsp3) is 1.00. The van der Waals surface area contributed by atoms with Crippen molar-refractivity contribution in [3.8, 4) is 0 Å². The van der Waals surface area contributed by atoms with Crippen molar-refractivity contribution >= 4 is 21.1 Å². The zero-order valence-electron chi connectivity index (χ0n) is 6.77. The van der Waals surface area contributed by atoms with Gasteiger partial charge in [0, 0.05) is 12.8 Å². The SMILES string of the molecule is CC(CNOS(C)(=N)=O)S(=O)O. The number of rotatable bonds is 5. The Kier molecular flexibility index (Phi) is 4.87. The molecule has 0 aliphatic heterocycles. The molecular weight excluding hydrogens is 204 g/mol. The molecule has 0 aliphatic carbocycles. The van der Waals surface area contributed by atoms with E-state index in [2.05, 4.69) is 9.76 Å². The molecule has 0 saturated carbocycles. The summed E-state index contributed by atoms with van der Waals surface area (Å²) in [5.41, 5.74) is 2.19. The van der Waals surface area contributed by atoms with Crippen molar-refractivity contribution in [3.05, 3.63) is 0 Å². The molecule has 0 radical (unpaired) electrons. The van der Waals surface area contributed by atoms with E-state index in [9.17, 15) is 8.42 Å². The quantitative estimate of drug-likeness (QED) is 0.433. The molecule has 0 aliphatic rings. The topological polar surface area (TPSA) is 99.5 Å². The van der Waals surface area contributed by atoms with Crippen molar-refractivity contribution in [2.75, 3.05) is 12.8 Å². The van der Waals surface area contributed by atoms with E-state index in [-0.39, 0.29) is 6.54 Å². The Balaban J connectivity index is 3.65. The van der Waals surface area contributed by atoms with Crippen LogP contribution < -0.4 is 5.48 Å². The summed E-state index contributed by atoms with van der Waals surface area (Å²) in [7, 11) is -3.04. The van der Waals surface area contributed by atoms with E-state index in [1.54, 1.807) is 0 Å². The third-order valence-corrected chi connectivity index (χ3v) is 2.22. The first kappa shape index (κ1) is 12.0. The van der Waals surface area contributed by atoms with Gasteiger partial charge in [0.25, 0.3) is 0 Å². The smallest absolute Gasteiger partial charge is 0.173 e. The maximum absolute atomic E-state index is 10.6. The molecule has 3 unspecified atom stereocenters. The minimum absolute atomic E-state index is 0.0762. The van der Waals surface area contributed by atoms with E-state index < -0.39 is 26.3 Å². The highest BCUT2D eigenvalue weighted by Gasteiger charge is 2.08. The summed E-state index contributed by atoms with van der Waals surface area (Å²) in [5.74, 6) is 0. The van der Waals surface area contributed by atoms with Crippen LogP contribution in [0, 0.1) is 4.78 Å². The van der Waals surface area contributed by atoms with Crippen LogP contribution in [0.15, 0.2) is 0 Å². The molecule has 12 heavy (non-hydrogen) atoms. The maximum atomic E-state index is 10.6. The highest BCUT2D eigenvalue weighted by atomic mass is 32.2. The van der Waals surface area contributed by atoms with E-state index in [1.165, 1.54) is 6.92 Å². The largest absolute Gasteiger partial charge is 0.306 e. The molecule has 0 amide bonds. The fourth-order valence-electron chi connectivity index (χ4n) is 0.335.